The first-order valence-corrected chi connectivity index (χ1v) is 12.5. The molecule has 0 unspecified atom stereocenters. The zero-order chi connectivity index (χ0) is 22.7. The van der Waals surface area contributed by atoms with Crippen LogP contribution in [0.5, 0.6) is 0 Å². The van der Waals surface area contributed by atoms with Gasteiger partial charge in [-0.15, -0.1) is 11.3 Å². The molecule has 0 fully saturated rings. The van der Waals surface area contributed by atoms with Crippen LogP contribution < -0.4 is 5.32 Å². The van der Waals surface area contributed by atoms with Crippen LogP contribution in [0.3, 0.4) is 0 Å². The number of hydrogen-bond acceptors (Lipinski definition) is 3. The summed E-state index contributed by atoms with van der Waals surface area (Å²) in [7, 11) is 0. The Hall–Kier alpha value is -2.14. The van der Waals surface area contributed by atoms with Crippen molar-refractivity contribution in [1.82, 2.24) is 0 Å². The van der Waals surface area contributed by atoms with Crippen LogP contribution in [0.1, 0.15) is 63.2 Å². The number of thiophene rings is 1. The molecule has 1 aromatic heterocycles. The maximum atomic E-state index is 13.5. The van der Waals surface area contributed by atoms with Gasteiger partial charge in [0, 0.05) is 27.4 Å². The third kappa shape index (κ3) is 5.09. The van der Waals surface area contributed by atoms with E-state index in [4.69, 9.17) is 28.2 Å². The molecule has 0 atom stereocenters. The smallest absolute Gasteiger partial charge is 0.259 e. The monoisotopic (exact) mass is 484 g/mol. The van der Waals surface area contributed by atoms with Crippen LogP contribution in [-0.2, 0) is 12.8 Å². The lowest BCUT2D eigenvalue weighted by Gasteiger charge is -2.13. The van der Waals surface area contributed by atoms with E-state index in [0.29, 0.717) is 15.6 Å². The van der Waals surface area contributed by atoms with Gasteiger partial charge in [0.15, 0.2) is 0 Å². The molecule has 1 heterocycles. The number of halogens is 2. The second kappa shape index (κ2) is 10.2. The quantitative estimate of drug-likeness (QED) is 0.371. The second-order valence-corrected chi connectivity index (χ2v) is 10.2. The summed E-state index contributed by atoms with van der Waals surface area (Å²) < 4.78 is 0. The standard InChI is InChI=1S/C26H26Cl2N2OS/c1-16-8-7-10-22(17(16)2)30-25(31)24-20-9-5-3-4-6-11-23(20)32-26(24)29-15-18-12-13-19(27)14-21(18)28/h7-8,10,12-15H,3-6,9,11H2,1-2H3,(H,30,31). The molecule has 3 nitrogen and oxygen atoms in total. The number of amides is 1. The lowest BCUT2D eigenvalue weighted by molar-refractivity contribution is 0.102. The average Bonchev–Trinajstić information content (AvgIpc) is 3.07. The van der Waals surface area contributed by atoms with E-state index < -0.39 is 0 Å². The van der Waals surface area contributed by atoms with E-state index in [-0.39, 0.29) is 5.91 Å². The molecule has 6 heteroatoms. The highest BCUT2D eigenvalue weighted by atomic mass is 35.5. The molecular formula is C26H26Cl2N2OS. The lowest BCUT2D eigenvalue weighted by atomic mass is 9.96. The Balaban J connectivity index is 1.74. The first-order chi connectivity index (χ1) is 15.4. The number of hydrogen-bond donors (Lipinski definition) is 1. The Labute approximate surface area is 203 Å². The molecule has 1 aliphatic rings. The number of fused-ring (bicyclic) bond motifs is 1. The molecule has 0 saturated heterocycles. The van der Waals surface area contributed by atoms with Gasteiger partial charge >= 0.3 is 0 Å². The van der Waals surface area contributed by atoms with Crippen LogP contribution in [0.15, 0.2) is 41.4 Å². The van der Waals surface area contributed by atoms with Gasteiger partial charge in [0.2, 0.25) is 0 Å². The van der Waals surface area contributed by atoms with E-state index >= 15 is 0 Å². The van der Waals surface area contributed by atoms with Gasteiger partial charge in [-0.1, -0.05) is 54.2 Å². The molecule has 3 aromatic rings. The van der Waals surface area contributed by atoms with Gasteiger partial charge in [0.25, 0.3) is 5.91 Å². The zero-order valence-corrected chi connectivity index (χ0v) is 20.6. The molecule has 32 heavy (non-hydrogen) atoms. The topological polar surface area (TPSA) is 41.5 Å². The van der Waals surface area contributed by atoms with Crippen molar-refractivity contribution in [3.05, 3.63) is 79.1 Å². The molecule has 0 spiro atoms. The predicted molar refractivity (Wildman–Crippen MR) is 138 cm³/mol. The van der Waals surface area contributed by atoms with Crippen molar-refractivity contribution < 1.29 is 4.79 Å². The van der Waals surface area contributed by atoms with Crippen molar-refractivity contribution >= 4 is 57.3 Å². The highest BCUT2D eigenvalue weighted by Gasteiger charge is 2.24. The third-order valence-electron chi connectivity index (χ3n) is 6.02. The van der Waals surface area contributed by atoms with Crippen molar-refractivity contribution in [1.29, 1.82) is 0 Å². The van der Waals surface area contributed by atoms with Gasteiger partial charge in [-0.05, 0) is 74.4 Å². The Morgan fingerprint density at radius 3 is 2.62 bits per heavy atom. The Morgan fingerprint density at radius 2 is 1.84 bits per heavy atom. The number of carbonyl (C=O) groups is 1. The third-order valence-corrected chi connectivity index (χ3v) is 7.78. The second-order valence-electron chi connectivity index (χ2n) is 8.22. The number of rotatable bonds is 4. The summed E-state index contributed by atoms with van der Waals surface area (Å²) in [6, 6.07) is 11.3. The maximum absolute atomic E-state index is 13.5. The summed E-state index contributed by atoms with van der Waals surface area (Å²) in [6.07, 6.45) is 8.33. The number of nitrogens with one attached hydrogen (secondary N) is 1. The van der Waals surface area contributed by atoms with Crippen LogP contribution in [-0.4, -0.2) is 12.1 Å². The minimum absolute atomic E-state index is 0.0915. The number of benzene rings is 2. The minimum Gasteiger partial charge on any atom is -0.322 e. The van der Waals surface area contributed by atoms with Gasteiger partial charge < -0.3 is 5.32 Å². The Morgan fingerprint density at radius 1 is 1.06 bits per heavy atom. The summed E-state index contributed by atoms with van der Waals surface area (Å²) in [5.74, 6) is -0.0915. The number of aliphatic imine (C=N–C) groups is 1. The summed E-state index contributed by atoms with van der Waals surface area (Å²) in [5, 5.41) is 5.01. The Bertz CT molecular complexity index is 1180. The number of carbonyl (C=O) groups excluding carboxylic acids is 1. The lowest BCUT2D eigenvalue weighted by Crippen LogP contribution is -2.15. The van der Waals surface area contributed by atoms with Crippen molar-refractivity contribution in [2.45, 2.75) is 52.4 Å². The van der Waals surface area contributed by atoms with Crippen LogP contribution >= 0.6 is 34.5 Å². The molecule has 1 N–H and O–H groups in total. The van der Waals surface area contributed by atoms with E-state index in [9.17, 15) is 4.79 Å². The molecular weight excluding hydrogens is 459 g/mol. The maximum Gasteiger partial charge on any atom is 0.259 e. The average molecular weight is 485 g/mol. The van der Waals surface area contributed by atoms with E-state index in [1.165, 1.54) is 17.7 Å². The van der Waals surface area contributed by atoms with E-state index in [2.05, 4.69) is 18.3 Å². The van der Waals surface area contributed by atoms with Crippen molar-refractivity contribution in [2.75, 3.05) is 5.32 Å². The molecule has 166 valence electrons. The molecule has 2 aromatic carbocycles. The molecule has 1 amide bonds. The SMILES string of the molecule is Cc1cccc(NC(=O)c2c(N=Cc3ccc(Cl)cc3Cl)sc3c2CCCCCC3)c1C. The molecule has 0 radical (unpaired) electrons. The van der Waals surface area contributed by atoms with Gasteiger partial charge in [0.05, 0.1) is 10.6 Å². The van der Waals surface area contributed by atoms with Crippen LogP contribution in [0, 0.1) is 13.8 Å². The predicted octanol–water partition coefficient (Wildman–Crippen LogP) is 8.33. The Kier molecular flexibility index (Phi) is 7.34. The van der Waals surface area contributed by atoms with Crippen LogP contribution in [0.2, 0.25) is 10.0 Å². The molecule has 1 aliphatic carbocycles. The normalized spacial score (nSPS) is 14.1. The van der Waals surface area contributed by atoms with Gasteiger partial charge in [0.1, 0.15) is 5.00 Å². The highest BCUT2D eigenvalue weighted by molar-refractivity contribution is 7.16. The minimum atomic E-state index is -0.0915. The van der Waals surface area contributed by atoms with E-state index in [0.717, 1.165) is 58.6 Å². The fraction of sp³-hybridized carbons (Fsp3) is 0.308. The van der Waals surface area contributed by atoms with Crippen molar-refractivity contribution in [3.8, 4) is 0 Å². The van der Waals surface area contributed by atoms with Crippen LogP contribution in [0.25, 0.3) is 0 Å². The van der Waals surface area contributed by atoms with Gasteiger partial charge in [-0.2, -0.15) is 0 Å². The highest BCUT2D eigenvalue weighted by Crippen LogP contribution is 2.39. The molecule has 0 aliphatic heterocycles. The molecule has 0 bridgehead atoms. The van der Waals surface area contributed by atoms with Gasteiger partial charge in [-0.3, -0.25) is 4.79 Å². The number of aryl methyl sites for hydroxylation is 2. The van der Waals surface area contributed by atoms with Crippen molar-refractivity contribution in [3.63, 3.8) is 0 Å². The largest absolute Gasteiger partial charge is 0.322 e. The summed E-state index contributed by atoms with van der Waals surface area (Å²) in [4.78, 5) is 19.6. The first-order valence-electron chi connectivity index (χ1n) is 10.9. The number of nitrogens with zero attached hydrogens (tertiary/aromatic N) is 1. The fourth-order valence-electron chi connectivity index (χ4n) is 4.04. The molecule has 0 saturated carbocycles. The summed E-state index contributed by atoms with van der Waals surface area (Å²) in [6.45, 7) is 4.08. The van der Waals surface area contributed by atoms with Crippen molar-refractivity contribution in [2.24, 2.45) is 4.99 Å². The van der Waals surface area contributed by atoms with E-state index in [1.807, 2.05) is 25.1 Å². The molecule has 4 rings (SSSR count). The van der Waals surface area contributed by atoms with Gasteiger partial charge in [-0.25, -0.2) is 4.99 Å². The van der Waals surface area contributed by atoms with E-state index in [1.54, 1.807) is 29.7 Å². The first kappa shape index (κ1) is 23.0. The number of anilines is 1. The summed E-state index contributed by atoms with van der Waals surface area (Å²) >= 11 is 14.0. The zero-order valence-electron chi connectivity index (χ0n) is 18.3. The van der Waals surface area contributed by atoms with Crippen LogP contribution in [0.4, 0.5) is 10.7 Å². The fourth-order valence-corrected chi connectivity index (χ4v) is 5.72. The summed E-state index contributed by atoms with van der Waals surface area (Å²) in [5.41, 5.74) is 5.71.